The highest BCUT2D eigenvalue weighted by Crippen LogP contribution is 2.30. The van der Waals surface area contributed by atoms with Gasteiger partial charge in [-0.25, -0.2) is 4.39 Å². The van der Waals surface area contributed by atoms with Crippen LogP contribution in [0, 0.1) is 5.82 Å². The second-order valence-corrected chi connectivity index (χ2v) is 9.64. The molecule has 0 saturated heterocycles. The molecule has 0 aromatic heterocycles. The van der Waals surface area contributed by atoms with Gasteiger partial charge in [-0.2, -0.15) is 0 Å². The molecule has 0 spiro atoms. The van der Waals surface area contributed by atoms with Gasteiger partial charge in [-0.15, -0.1) is 0 Å². The van der Waals surface area contributed by atoms with Gasteiger partial charge in [0.15, 0.2) is 0 Å². The highest BCUT2D eigenvalue weighted by molar-refractivity contribution is 5.88. The van der Waals surface area contributed by atoms with Crippen molar-refractivity contribution in [3.63, 3.8) is 0 Å². The summed E-state index contributed by atoms with van der Waals surface area (Å²) < 4.78 is 13.6. The summed E-state index contributed by atoms with van der Waals surface area (Å²) in [6.45, 7) is 2.20. The van der Waals surface area contributed by atoms with E-state index in [-0.39, 0.29) is 42.6 Å². The van der Waals surface area contributed by atoms with Gasteiger partial charge < -0.3 is 10.2 Å². The van der Waals surface area contributed by atoms with Gasteiger partial charge in [-0.1, -0.05) is 92.6 Å². The molecule has 3 aromatic carbocycles. The van der Waals surface area contributed by atoms with Crippen molar-refractivity contribution in [2.75, 3.05) is 0 Å². The number of benzene rings is 3. The third-order valence-electron chi connectivity index (χ3n) is 7.14. The molecular formula is C31H35FN2O2. The molecule has 0 bridgehead atoms. The molecule has 188 valence electrons. The third-order valence-corrected chi connectivity index (χ3v) is 7.14. The van der Waals surface area contributed by atoms with Gasteiger partial charge in [0.1, 0.15) is 11.9 Å². The SMILES string of the molecule is CC[C@H](C(=O)NC1CCCC1)N(Cc1ccc(F)cc1)C(=O)CC(c1ccccc1)c1ccccc1. The largest absolute Gasteiger partial charge is 0.352 e. The lowest BCUT2D eigenvalue weighted by molar-refractivity contribution is -0.141. The van der Waals surface area contributed by atoms with E-state index in [4.69, 9.17) is 0 Å². The first-order valence-electron chi connectivity index (χ1n) is 13.0. The molecule has 0 unspecified atom stereocenters. The fraction of sp³-hybridized carbons (Fsp3) is 0.355. The fourth-order valence-corrected chi connectivity index (χ4v) is 5.16. The average molecular weight is 487 g/mol. The molecule has 1 aliphatic carbocycles. The van der Waals surface area contributed by atoms with Crippen LogP contribution in [0.25, 0.3) is 0 Å². The molecule has 1 saturated carbocycles. The van der Waals surface area contributed by atoms with E-state index in [0.717, 1.165) is 42.4 Å². The minimum atomic E-state index is -0.588. The maximum atomic E-state index is 14.0. The maximum Gasteiger partial charge on any atom is 0.243 e. The fourth-order valence-electron chi connectivity index (χ4n) is 5.16. The second-order valence-electron chi connectivity index (χ2n) is 9.64. The summed E-state index contributed by atoms with van der Waals surface area (Å²) in [6, 6.07) is 25.8. The number of hydrogen-bond donors (Lipinski definition) is 1. The van der Waals surface area contributed by atoms with Crippen LogP contribution >= 0.6 is 0 Å². The molecule has 1 aliphatic rings. The third kappa shape index (κ3) is 6.60. The summed E-state index contributed by atoms with van der Waals surface area (Å²) >= 11 is 0. The standard InChI is InChI=1S/C31H35FN2O2/c1-2-29(31(36)33-27-15-9-10-16-27)34(22-23-17-19-26(32)20-18-23)30(35)21-28(24-11-5-3-6-12-24)25-13-7-4-8-14-25/h3-8,11-14,17-20,27-29H,2,9-10,15-16,21-22H2,1H3,(H,33,36)/t29-/m1/s1. The van der Waals surface area contributed by atoms with Crippen molar-refractivity contribution in [3.8, 4) is 0 Å². The highest BCUT2D eigenvalue weighted by atomic mass is 19.1. The first-order chi connectivity index (χ1) is 17.5. The molecule has 5 heteroatoms. The molecule has 0 radical (unpaired) electrons. The summed E-state index contributed by atoms with van der Waals surface area (Å²) in [7, 11) is 0. The van der Waals surface area contributed by atoms with E-state index >= 15 is 0 Å². The quantitative estimate of drug-likeness (QED) is 0.370. The Balaban J connectivity index is 1.62. The van der Waals surface area contributed by atoms with Crippen LogP contribution in [0.2, 0.25) is 0 Å². The lowest BCUT2D eigenvalue weighted by atomic mass is 9.88. The van der Waals surface area contributed by atoms with Crippen LogP contribution in [0.1, 0.15) is 68.1 Å². The van der Waals surface area contributed by atoms with Gasteiger partial charge in [-0.3, -0.25) is 9.59 Å². The summed E-state index contributed by atoms with van der Waals surface area (Å²) in [6.07, 6.45) is 4.96. The Morgan fingerprint density at radius 2 is 1.44 bits per heavy atom. The zero-order chi connectivity index (χ0) is 25.3. The number of halogens is 1. The van der Waals surface area contributed by atoms with E-state index in [1.165, 1.54) is 12.1 Å². The molecule has 3 aromatic rings. The van der Waals surface area contributed by atoms with Crippen molar-refractivity contribution in [2.45, 2.75) is 70.0 Å². The van der Waals surface area contributed by atoms with Crippen molar-refractivity contribution in [1.29, 1.82) is 0 Å². The minimum absolute atomic E-state index is 0.0922. The molecule has 36 heavy (non-hydrogen) atoms. The first kappa shape index (κ1) is 25.6. The van der Waals surface area contributed by atoms with Crippen molar-refractivity contribution in [2.24, 2.45) is 0 Å². The predicted octanol–water partition coefficient (Wildman–Crippen LogP) is 6.21. The number of amides is 2. The van der Waals surface area contributed by atoms with Crippen LogP contribution in [0.15, 0.2) is 84.9 Å². The van der Waals surface area contributed by atoms with Crippen LogP contribution < -0.4 is 5.32 Å². The topological polar surface area (TPSA) is 49.4 Å². The van der Waals surface area contributed by atoms with E-state index in [0.29, 0.717) is 6.42 Å². The molecule has 4 nitrogen and oxygen atoms in total. The number of rotatable bonds is 10. The van der Waals surface area contributed by atoms with Gasteiger partial charge in [0.05, 0.1) is 0 Å². The van der Waals surface area contributed by atoms with E-state index in [9.17, 15) is 14.0 Å². The lowest BCUT2D eigenvalue weighted by Gasteiger charge is -2.33. The average Bonchev–Trinajstić information content (AvgIpc) is 3.42. The van der Waals surface area contributed by atoms with Crippen LogP contribution in [0.4, 0.5) is 4.39 Å². The van der Waals surface area contributed by atoms with Gasteiger partial charge in [-0.05, 0) is 48.1 Å². The Hall–Kier alpha value is -3.47. The van der Waals surface area contributed by atoms with Crippen LogP contribution in [0.5, 0.6) is 0 Å². The molecule has 1 N–H and O–H groups in total. The number of carbonyl (C=O) groups is 2. The summed E-state index contributed by atoms with van der Waals surface area (Å²) in [4.78, 5) is 29.1. The van der Waals surface area contributed by atoms with E-state index in [1.54, 1.807) is 17.0 Å². The summed E-state index contributed by atoms with van der Waals surface area (Å²) in [5.74, 6) is -0.650. The van der Waals surface area contributed by atoms with E-state index in [2.05, 4.69) is 5.32 Å². The van der Waals surface area contributed by atoms with E-state index in [1.807, 2.05) is 67.6 Å². The Labute approximate surface area is 213 Å². The Morgan fingerprint density at radius 1 is 0.889 bits per heavy atom. The Morgan fingerprint density at radius 3 is 1.97 bits per heavy atom. The summed E-state index contributed by atoms with van der Waals surface area (Å²) in [5, 5.41) is 3.18. The molecule has 2 amide bonds. The van der Waals surface area contributed by atoms with Crippen molar-refractivity contribution in [1.82, 2.24) is 10.2 Å². The predicted molar refractivity (Wildman–Crippen MR) is 141 cm³/mol. The monoisotopic (exact) mass is 486 g/mol. The van der Waals surface area contributed by atoms with Gasteiger partial charge in [0, 0.05) is 24.9 Å². The van der Waals surface area contributed by atoms with Crippen molar-refractivity contribution >= 4 is 11.8 Å². The molecule has 4 rings (SSSR count). The Kier molecular flexibility index (Phi) is 8.88. The second kappa shape index (κ2) is 12.5. The minimum Gasteiger partial charge on any atom is -0.352 e. The molecule has 1 atom stereocenters. The van der Waals surface area contributed by atoms with Crippen LogP contribution in [-0.4, -0.2) is 28.8 Å². The van der Waals surface area contributed by atoms with Crippen LogP contribution in [0.3, 0.4) is 0 Å². The number of hydrogen-bond acceptors (Lipinski definition) is 2. The van der Waals surface area contributed by atoms with Crippen molar-refractivity contribution < 1.29 is 14.0 Å². The molecule has 1 fully saturated rings. The van der Waals surface area contributed by atoms with Gasteiger partial charge in [0.25, 0.3) is 0 Å². The maximum absolute atomic E-state index is 14.0. The Bertz CT molecular complexity index is 1070. The molecule has 0 aliphatic heterocycles. The zero-order valence-corrected chi connectivity index (χ0v) is 20.9. The molecular weight excluding hydrogens is 451 g/mol. The number of nitrogens with zero attached hydrogens (tertiary/aromatic N) is 1. The highest BCUT2D eigenvalue weighted by Gasteiger charge is 2.32. The lowest BCUT2D eigenvalue weighted by Crippen LogP contribution is -2.51. The summed E-state index contributed by atoms with van der Waals surface area (Å²) in [5.41, 5.74) is 2.91. The van der Waals surface area contributed by atoms with Crippen molar-refractivity contribution in [3.05, 3.63) is 107 Å². The van der Waals surface area contributed by atoms with Gasteiger partial charge >= 0.3 is 0 Å². The van der Waals surface area contributed by atoms with E-state index < -0.39 is 6.04 Å². The zero-order valence-electron chi connectivity index (χ0n) is 20.9. The molecule has 0 heterocycles. The number of carbonyl (C=O) groups excluding carboxylic acids is 2. The van der Waals surface area contributed by atoms with Crippen LogP contribution in [-0.2, 0) is 16.1 Å². The van der Waals surface area contributed by atoms with Gasteiger partial charge in [0.2, 0.25) is 11.8 Å². The smallest absolute Gasteiger partial charge is 0.243 e. The normalized spacial score (nSPS) is 14.5. The number of nitrogens with one attached hydrogen (secondary N) is 1. The first-order valence-corrected chi connectivity index (χ1v) is 13.0.